The summed E-state index contributed by atoms with van der Waals surface area (Å²) < 4.78 is 0. The van der Waals surface area contributed by atoms with E-state index in [4.69, 9.17) is 0 Å². The first kappa shape index (κ1) is 8.44. The summed E-state index contributed by atoms with van der Waals surface area (Å²) in [6.07, 6.45) is -0.185. The highest BCUT2D eigenvalue weighted by molar-refractivity contribution is 4.93. The molecule has 2 aliphatic rings. The van der Waals surface area contributed by atoms with Gasteiger partial charge in [0.2, 0.25) is 0 Å². The molecule has 4 nitrogen and oxygen atoms in total. The fourth-order valence-corrected chi connectivity index (χ4v) is 1.90. The third-order valence-electron chi connectivity index (χ3n) is 3.01. The molecule has 0 aromatic heterocycles. The van der Waals surface area contributed by atoms with E-state index in [1.807, 2.05) is 0 Å². The van der Waals surface area contributed by atoms with E-state index < -0.39 is 0 Å². The number of aliphatic hydroxyl groups excluding tert-OH is 1. The number of β-amino-alcohol motifs (C(OH)–C–C–N with tert-alkyl or cyclic N) is 1. The van der Waals surface area contributed by atoms with Crippen LogP contribution in [-0.2, 0) is 0 Å². The highest BCUT2D eigenvalue weighted by atomic mass is 16.3. The van der Waals surface area contributed by atoms with Crippen molar-refractivity contribution in [2.75, 3.05) is 33.2 Å². The minimum atomic E-state index is -0.185. The zero-order chi connectivity index (χ0) is 8.55. The molecule has 0 saturated carbocycles. The summed E-state index contributed by atoms with van der Waals surface area (Å²) in [5, 5.41) is 16.0. The second kappa shape index (κ2) is 3.30. The second-order valence-corrected chi connectivity index (χ2v) is 3.77. The zero-order valence-electron chi connectivity index (χ0n) is 7.45. The quantitative estimate of drug-likeness (QED) is 0.460. The van der Waals surface area contributed by atoms with Gasteiger partial charge in [0.25, 0.3) is 0 Å². The smallest absolute Gasteiger partial charge is 0.0831 e. The van der Waals surface area contributed by atoms with Crippen molar-refractivity contribution in [2.45, 2.75) is 18.2 Å². The van der Waals surface area contributed by atoms with Gasteiger partial charge in [0, 0.05) is 38.3 Å². The van der Waals surface area contributed by atoms with Crippen LogP contribution in [0.4, 0.5) is 0 Å². The Balaban J connectivity index is 1.89. The van der Waals surface area contributed by atoms with Gasteiger partial charge in [-0.15, -0.1) is 0 Å². The van der Waals surface area contributed by atoms with Crippen molar-refractivity contribution in [3.63, 3.8) is 0 Å². The summed E-state index contributed by atoms with van der Waals surface area (Å²) in [6.45, 7) is 3.81. The first-order chi connectivity index (χ1) is 5.79. The third-order valence-corrected chi connectivity index (χ3v) is 3.01. The standard InChI is InChI=1S/C8H17N3O/c1-11(6-2-9-3-6)7-4-10-5-8(7)12/h6-10,12H,2-5H2,1H3/t7-,8-/m1/s1. The van der Waals surface area contributed by atoms with E-state index in [1.54, 1.807) is 0 Å². The van der Waals surface area contributed by atoms with Crippen molar-refractivity contribution in [2.24, 2.45) is 0 Å². The molecule has 0 aliphatic carbocycles. The van der Waals surface area contributed by atoms with Crippen LogP contribution in [0.25, 0.3) is 0 Å². The largest absolute Gasteiger partial charge is 0.390 e. The Bertz CT molecular complexity index is 160. The Hall–Kier alpha value is -0.160. The maximum Gasteiger partial charge on any atom is 0.0831 e. The number of hydrogen-bond donors (Lipinski definition) is 3. The summed E-state index contributed by atoms with van der Waals surface area (Å²) in [4.78, 5) is 2.29. The third kappa shape index (κ3) is 1.35. The van der Waals surface area contributed by atoms with E-state index in [9.17, 15) is 5.11 Å². The number of nitrogens with zero attached hydrogens (tertiary/aromatic N) is 1. The molecule has 0 amide bonds. The maximum absolute atomic E-state index is 9.60. The average Bonchev–Trinajstić information content (AvgIpc) is 2.31. The van der Waals surface area contributed by atoms with Gasteiger partial charge in [-0.25, -0.2) is 0 Å². The van der Waals surface area contributed by atoms with Crippen LogP contribution in [0.1, 0.15) is 0 Å². The molecule has 2 saturated heterocycles. The lowest BCUT2D eigenvalue weighted by Gasteiger charge is -2.39. The van der Waals surface area contributed by atoms with Crippen LogP contribution in [0.3, 0.4) is 0 Å². The molecule has 3 N–H and O–H groups in total. The Morgan fingerprint density at radius 1 is 1.17 bits per heavy atom. The van der Waals surface area contributed by atoms with Gasteiger partial charge in [0.15, 0.2) is 0 Å². The molecule has 4 heteroatoms. The Kier molecular flexibility index (Phi) is 2.32. The fourth-order valence-electron chi connectivity index (χ4n) is 1.90. The first-order valence-corrected chi connectivity index (χ1v) is 4.60. The van der Waals surface area contributed by atoms with E-state index in [0.717, 1.165) is 26.2 Å². The van der Waals surface area contributed by atoms with E-state index in [-0.39, 0.29) is 6.10 Å². The van der Waals surface area contributed by atoms with Crippen LogP contribution in [0.5, 0.6) is 0 Å². The molecule has 12 heavy (non-hydrogen) atoms. The van der Waals surface area contributed by atoms with Crippen LogP contribution in [-0.4, -0.2) is 61.4 Å². The Labute approximate surface area is 72.9 Å². The van der Waals surface area contributed by atoms with Crippen molar-refractivity contribution in [3.8, 4) is 0 Å². The number of nitrogens with one attached hydrogen (secondary N) is 2. The molecule has 0 aromatic rings. The minimum absolute atomic E-state index is 0.185. The van der Waals surface area contributed by atoms with Gasteiger partial charge < -0.3 is 15.7 Å². The minimum Gasteiger partial charge on any atom is -0.390 e. The summed E-state index contributed by atoms with van der Waals surface area (Å²) in [7, 11) is 2.10. The van der Waals surface area contributed by atoms with Crippen LogP contribution < -0.4 is 10.6 Å². The number of rotatable bonds is 2. The SMILES string of the molecule is CN(C1CNC1)[C@@H]1CNC[C@H]1O. The van der Waals surface area contributed by atoms with E-state index in [2.05, 4.69) is 22.6 Å². The van der Waals surface area contributed by atoms with Crippen molar-refractivity contribution in [3.05, 3.63) is 0 Å². The zero-order valence-corrected chi connectivity index (χ0v) is 7.45. The second-order valence-electron chi connectivity index (χ2n) is 3.77. The molecule has 0 spiro atoms. The predicted molar refractivity (Wildman–Crippen MR) is 47.1 cm³/mol. The van der Waals surface area contributed by atoms with Gasteiger partial charge in [-0.1, -0.05) is 0 Å². The molecule has 0 unspecified atom stereocenters. The van der Waals surface area contributed by atoms with Crippen LogP contribution in [0.15, 0.2) is 0 Å². The molecule has 2 fully saturated rings. The molecule has 2 atom stereocenters. The maximum atomic E-state index is 9.60. The molecular weight excluding hydrogens is 154 g/mol. The Morgan fingerprint density at radius 2 is 1.83 bits per heavy atom. The summed E-state index contributed by atoms with van der Waals surface area (Å²) in [5.41, 5.74) is 0. The van der Waals surface area contributed by atoms with Crippen LogP contribution in [0.2, 0.25) is 0 Å². The van der Waals surface area contributed by atoms with E-state index >= 15 is 0 Å². The number of aliphatic hydroxyl groups is 1. The molecule has 2 rings (SSSR count). The molecule has 2 heterocycles. The van der Waals surface area contributed by atoms with Crippen molar-refractivity contribution in [1.29, 1.82) is 0 Å². The van der Waals surface area contributed by atoms with Gasteiger partial charge in [0.05, 0.1) is 6.10 Å². The summed E-state index contributed by atoms with van der Waals surface area (Å²) >= 11 is 0. The molecule has 0 bridgehead atoms. The van der Waals surface area contributed by atoms with Gasteiger partial charge >= 0.3 is 0 Å². The van der Waals surface area contributed by atoms with E-state index in [1.165, 1.54) is 0 Å². The topological polar surface area (TPSA) is 47.5 Å². The molecule has 0 aromatic carbocycles. The van der Waals surface area contributed by atoms with Gasteiger partial charge in [-0.05, 0) is 7.05 Å². The average molecular weight is 171 g/mol. The predicted octanol–water partition coefficient (Wildman–Crippen LogP) is -1.78. The van der Waals surface area contributed by atoms with Gasteiger partial charge in [-0.2, -0.15) is 0 Å². The molecule has 0 radical (unpaired) electrons. The summed E-state index contributed by atoms with van der Waals surface area (Å²) in [5.74, 6) is 0. The van der Waals surface area contributed by atoms with Crippen molar-refractivity contribution < 1.29 is 5.11 Å². The molecular formula is C8H17N3O. The van der Waals surface area contributed by atoms with Gasteiger partial charge in [0.1, 0.15) is 0 Å². The van der Waals surface area contributed by atoms with E-state index in [0.29, 0.717) is 12.1 Å². The highest BCUT2D eigenvalue weighted by Gasteiger charge is 2.34. The summed E-state index contributed by atoms with van der Waals surface area (Å²) in [6, 6.07) is 0.946. The monoisotopic (exact) mass is 171 g/mol. The fraction of sp³-hybridized carbons (Fsp3) is 1.00. The lowest BCUT2D eigenvalue weighted by atomic mass is 10.1. The lowest BCUT2D eigenvalue weighted by molar-refractivity contribution is 0.0558. The molecule has 70 valence electrons. The van der Waals surface area contributed by atoms with Crippen molar-refractivity contribution >= 4 is 0 Å². The highest BCUT2D eigenvalue weighted by Crippen LogP contribution is 2.12. The van der Waals surface area contributed by atoms with Gasteiger partial charge in [-0.3, -0.25) is 4.90 Å². The van der Waals surface area contributed by atoms with Crippen molar-refractivity contribution in [1.82, 2.24) is 15.5 Å². The Morgan fingerprint density at radius 3 is 2.25 bits per heavy atom. The normalized spacial score (nSPS) is 37.2. The van der Waals surface area contributed by atoms with Crippen LogP contribution >= 0.6 is 0 Å². The van der Waals surface area contributed by atoms with Crippen LogP contribution in [0, 0.1) is 0 Å². The first-order valence-electron chi connectivity index (χ1n) is 4.60. The number of likely N-dealkylation sites (N-methyl/N-ethyl adjacent to an activating group) is 1. The molecule has 2 aliphatic heterocycles. The lowest BCUT2D eigenvalue weighted by Crippen LogP contribution is -2.60. The number of hydrogen-bond acceptors (Lipinski definition) is 4.